The number of benzene rings is 3. The minimum absolute atomic E-state index is 0.0899. The average molecular weight is 507 g/mol. The van der Waals surface area contributed by atoms with Crippen molar-refractivity contribution in [2.45, 2.75) is 6.61 Å². The number of nitrogens with zero attached hydrogens (tertiary/aromatic N) is 1. The smallest absolute Gasteiger partial charge is 0.259 e. The van der Waals surface area contributed by atoms with E-state index in [0.29, 0.717) is 28.0 Å². The van der Waals surface area contributed by atoms with Crippen LogP contribution in [-0.4, -0.2) is 18.7 Å². The van der Waals surface area contributed by atoms with Gasteiger partial charge >= 0.3 is 0 Å². The van der Waals surface area contributed by atoms with Crippen LogP contribution >= 0.6 is 39.1 Å². The van der Waals surface area contributed by atoms with E-state index in [0.717, 1.165) is 15.7 Å². The van der Waals surface area contributed by atoms with Crippen LogP contribution in [0.15, 0.2) is 76.3 Å². The summed E-state index contributed by atoms with van der Waals surface area (Å²) in [6.07, 6.45) is 1.50. The molecular formula is C22H18BrCl2N3O2. The molecule has 0 fully saturated rings. The molecule has 0 heterocycles. The first-order valence-corrected chi connectivity index (χ1v) is 10.5. The van der Waals surface area contributed by atoms with Crippen molar-refractivity contribution < 1.29 is 9.53 Å². The van der Waals surface area contributed by atoms with Crippen LogP contribution in [0.25, 0.3) is 0 Å². The van der Waals surface area contributed by atoms with Crippen LogP contribution in [0.5, 0.6) is 5.75 Å². The Morgan fingerprint density at radius 1 is 1.03 bits per heavy atom. The molecule has 0 atom stereocenters. The van der Waals surface area contributed by atoms with Gasteiger partial charge < -0.3 is 10.1 Å². The second kappa shape index (κ2) is 11.0. The number of hydrogen-bond donors (Lipinski definition) is 2. The molecule has 3 rings (SSSR count). The molecule has 0 spiro atoms. The highest BCUT2D eigenvalue weighted by molar-refractivity contribution is 9.10. The second-order valence-electron chi connectivity index (χ2n) is 6.25. The van der Waals surface area contributed by atoms with Crippen molar-refractivity contribution in [3.8, 4) is 5.75 Å². The Morgan fingerprint density at radius 3 is 2.57 bits per heavy atom. The summed E-state index contributed by atoms with van der Waals surface area (Å²) in [5.74, 6) is 0.308. The lowest BCUT2D eigenvalue weighted by Gasteiger charge is -2.10. The highest BCUT2D eigenvalue weighted by Gasteiger charge is 2.05. The van der Waals surface area contributed by atoms with E-state index in [9.17, 15) is 4.79 Å². The van der Waals surface area contributed by atoms with Crippen molar-refractivity contribution in [2.24, 2.45) is 5.10 Å². The topological polar surface area (TPSA) is 62.7 Å². The maximum atomic E-state index is 12.0. The summed E-state index contributed by atoms with van der Waals surface area (Å²) >= 11 is 15.5. The lowest BCUT2D eigenvalue weighted by atomic mass is 10.2. The predicted octanol–water partition coefficient (Wildman–Crippen LogP) is 5.90. The fraction of sp³-hybridized carbons (Fsp3) is 0.0909. The van der Waals surface area contributed by atoms with E-state index in [1.165, 1.54) is 6.21 Å². The molecule has 8 heteroatoms. The van der Waals surface area contributed by atoms with Crippen molar-refractivity contribution in [1.29, 1.82) is 0 Å². The van der Waals surface area contributed by atoms with Gasteiger partial charge in [0.15, 0.2) is 0 Å². The maximum Gasteiger partial charge on any atom is 0.259 e. The van der Waals surface area contributed by atoms with Gasteiger partial charge in [-0.1, -0.05) is 51.3 Å². The van der Waals surface area contributed by atoms with Crippen LogP contribution in [0.1, 0.15) is 11.1 Å². The molecule has 0 radical (unpaired) electrons. The molecule has 2 N–H and O–H groups in total. The normalized spacial score (nSPS) is 10.8. The largest absolute Gasteiger partial charge is 0.488 e. The molecule has 0 saturated carbocycles. The summed E-state index contributed by atoms with van der Waals surface area (Å²) in [7, 11) is 0. The minimum Gasteiger partial charge on any atom is -0.488 e. The molecule has 30 heavy (non-hydrogen) atoms. The Morgan fingerprint density at radius 2 is 1.80 bits per heavy atom. The quantitative estimate of drug-likeness (QED) is 0.295. The number of halogens is 3. The molecule has 0 aliphatic heterocycles. The van der Waals surface area contributed by atoms with E-state index in [2.05, 4.69) is 31.8 Å². The number of hydrogen-bond acceptors (Lipinski definition) is 4. The van der Waals surface area contributed by atoms with E-state index in [4.69, 9.17) is 27.9 Å². The van der Waals surface area contributed by atoms with Crippen molar-refractivity contribution in [1.82, 2.24) is 5.43 Å². The van der Waals surface area contributed by atoms with Gasteiger partial charge in [0.1, 0.15) is 12.4 Å². The van der Waals surface area contributed by atoms with Gasteiger partial charge in [-0.15, -0.1) is 0 Å². The highest BCUT2D eigenvalue weighted by atomic mass is 79.9. The standard InChI is InChI=1S/C22H18BrCl2N3O2/c23-17-4-7-20(8-5-17)26-13-22(29)28-27-12-16-11-19(25)6-9-21(16)30-14-15-2-1-3-18(24)10-15/h1-12,26H,13-14H2,(H,28,29)/b27-12-. The molecule has 0 saturated heterocycles. The van der Waals surface area contributed by atoms with Gasteiger partial charge in [0.2, 0.25) is 0 Å². The van der Waals surface area contributed by atoms with Crippen LogP contribution in [0, 0.1) is 0 Å². The zero-order valence-corrected chi connectivity index (χ0v) is 18.8. The first-order chi connectivity index (χ1) is 14.5. The summed E-state index contributed by atoms with van der Waals surface area (Å²) in [5, 5.41) is 8.21. The summed E-state index contributed by atoms with van der Waals surface area (Å²) in [4.78, 5) is 12.0. The monoisotopic (exact) mass is 505 g/mol. The Balaban J connectivity index is 1.56. The highest BCUT2D eigenvalue weighted by Crippen LogP contribution is 2.23. The van der Waals surface area contributed by atoms with Crippen LogP contribution in [0.2, 0.25) is 10.0 Å². The number of amides is 1. The zero-order chi connectivity index (χ0) is 21.3. The van der Waals surface area contributed by atoms with E-state index in [1.54, 1.807) is 24.3 Å². The second-order valence-corrected chi connectivity index (χ2v) is 8.04. The molecule has 3 aromatic rings. The van der Waals surface area contributed by atoms with Crippen LogP contribution < -0.4 is 15.5 Å². The van der Waals surface area contributed by atoms with Crippen LogP contribution in [0.3, 0.4) is 0 Å². The first-order valence-electron chi connectivity index (χ1n) is 8.98. The van der Waals surface area contributed by atoms with E-state index in [-0.39, 0.29) is 12.5 Å². The van der Waals surface area contributed by atoms with Crippen molar-refractivity contribution in [3.63, 3.8) is 0 Å². The Hall–Kier alpha value is -2.54. The summed E-state index contributed by atoms with van der Waals surface area (Å²) < 4.78 is 6.84. The average Bonchev–Trinajstić information content (AvgIpc) is 2.73. The number of hydrazone groups is 1. The number of rotatable bonds is 8. The maximum absolute atomic E-state index is 12.0. The molecule has 0 aliphatic rings. The number of carbonyl (C=O) groups excluding carboxylic acids is 1. The van der Waals surface area contributed by atoms with Crippen molar-refractivity contribution in [2.75, 3.05) is 11.9 Å². The van der Waals surface area contributed by atoms with E-state index in [1.807, 2.05) is 42.5 Å². The van der Waals surface area contributed by atoms with E-state index < -0.39 is 0 Å². The molecule has 0 bridgehead atoms. The first kappa shape index (κ1) is 22.2. The number of anilines is 1. The third-order valence-corrected chi connectivity index (χ3v) is 4.94. The number of carbonyl (C=O) groups is 1. The minimum atomic E-state index is -0.280. The summed E-state index contributed by atoms with van der Waals surface area (Å²) in [6, 6.07) is 20.2. The van der Waals surface area contributed by atoms with Crippen molar-refractivity contribution in [3.05, 3.63) is 92.4 Å². The summed E-state index contributed by atoms with van der Waals surface area (Å²) in [6.45, 7) is 0.430. The van der Waals surface area contributed by atoms with Gasteiger partial charge in [-0.3, -0.25) is 4.79 Å². The lowest BCUT2D eigenvalue weighted by Crippen LogP contribution is -2.25. The molecule has 0 aliphatic carbocycles. The number of ether oxygens (including phenoxy) is 1. The lowest BCUT2D eigenvalue weighted by molar-refractivity contribution is -0.119. The molecule has 1 amide bonds. The molecule has 3 aromatic carbocycles. The Labute approximate surface area is 193 Å². The molecular weight excluding hydrogens is 489 g/mol. The SMILES string of the molecule is O=C(CNc1ccc(Br)cc1)N/N=C\c1cc(Cl)ccc1OCc1cccc(Cl)c1. The fourth-order valence-corrected chi connectivity index (χ4v) is 3.16. The van der Waals surface area contributed by atoms with Crippen LogP contribution in [-0.2, 0) is 11.4 Å². The molecule has 154 valence electrons. The molecule has 0 aromatic heterocycles. The van der Waals surface area contributed by atoms with Gasteiger partial charge in [0.25, 0.3) is 5.91 Å². The van der Waals surface area contributed by atoms with Gasteiger partial charge in [-0.05, 0) is 60.2 Å². The van der Waals surface area contributed by atoms with Gasteiger partial charge in [0, 0.05) is 25.8 Å². The third-order valence-electron chi connectivity index (χ3n) is 3.95. The molecule has 5 nitrogen and oxygen atoms in total. The van der Waals surface area contributed by atoms with Crippen molar-refractivity contribution >= 4 is 56.9 Å². The Bertz CT molecular complexity index is 1040. The Kier molecular flexibility index (Phi) is 8.13. The molecule has 0 unspecified atom stereocenters. The van der Waals surface area contributed by atoms with E-state index >= 15 is 0 Å². The summed E-state index contributed by atoms with van der Waals surface area (Å²) in [5.41, 5.74) is 4.90. The van der Waals surface area contributed by atoms with Gasteiger partial charge in [-0.25, -0.2) is 5.43 Å². The third kappa shape index (κ3) is 7.06. The van der Waals surface area contributed by atoms with Gasteiger partial charge in [0.05, 0.1) is 12.8 Å². The number of nitrogens with one attached hydrogen (secondary N) is 2. The predicted molar refractivity (Wildman–Crippen MR) is 126 cm³/mol. The van der Waals surface area contributed by atoms with Crippen LogP contribution in [0.4, 0.5) is 5.69 Å². The zero-order valence-electron chi connectivity index (χ0n) is 15.7. The van der Waals surface area contributed by atoms with Gasteiger partial charge in [-0.2, -0.15) is 5.10 Å². The fourth-order valence-electron chi connectivity index (χ4n) is 2.50.